The molecule has 2 aliphatic rings. The number of hydrogen-bond acceptors (Lipinski definition) is 5. The molecule has 1 unspecified atom stereocenters. The van der Waals surface area contributed by atoms with Gasteiger partial charge in [0.15, 0.2) is 0 Å². The third-order valence-electron chi connectivity index (χ3n) is 6.89. The van der Waals surface area contributed by atoms with Crippen molar-refractivity contribution < 1.29 is 23.3 Å². The fourth-order valence-electron chi connectivity index (χ4n) is 3.83. The van der Waals surface area contributed by atoms with Crippen molar-refractivity contribution in [1.82, 2.24) is 0 Å². The first-order valence-corrected chi connectivity index (χ1v) is 10.9. The lowest BCUT2D eigenvalue weighted by Gasteiger charge is -2.45. The minimum Gasteiger partial charge on any atom is -0.414 e. The summed E-state index contributed by atoms with van der Waals surface area (Å²) in [7, 11) is 1.63. The average molecular weight is 417 g/mol. The number of carbonyl (C=O) groups is 1. The summed E-state index contributed by atoms with van der Waals surface area (Å²) in [5.74, 6) is 0. The molecule has 2 atom stereocenters. The highest BCUT2D eigenvalue weighted by molar-refractivity contribution is 6.62. The van der Waals surface area contributed by atoms with Gasteiger partial charge in [0, 0.05) is 5.69 Å². The summed E-state index contributed by atoms with van der Waals surface area (Å²) in [5.41, 5.74) is 1.01. The number of carbonyl (C=O) groups excluding carboxylic acids is 1. The van der Waals surface area contributed by atoms with Crippen molar-refractivity contribution >= 4 is 24.4 Å². The van der Waals surface area contributed by atoms with E-state index in [9.17, 15) is 4.79 Å². The van der Waals surface area contributed by atoms with Gasteiger partial charge in [0.2, 0.25) is 0 Å². The summed E-state index contributed by atoms with van der Waals surface area (Å²) in [6.07, 6.45) is -0.147. The predicted octanol–water partition coefficient (Wildman–Crippen LogP) is 3.58. The van der Waals surface area contributed by atoms with Crippen LogP contribution in [0.1, 0.15) is 55.4 Å². The summed E-state index contributed by atoms with van der Waals surface area (Å²) in [6.45, 7) is 18.4. The molecular weight excluding hydrogens is 379 g/mol. The van der Waals surface area contributed by atoms with Crippen molar-refractivity contribution in [3.8, 4) is 0 Å². The van der Waals surface area contributed by atoms with E-state index >= 15 is 0 Å². The molecule has 166 valence electrons. The van der Waals surface area contributed by atoms with Gasteiger partial charge in [-0.25, -0.2) is 4.48 Å². The number of benzene rings is 1. The van der Waals surface area contributed by atoms with Gasteiger partial charge in [-0.3, -0.25) is 0 Å². The summed E-state index contributed by atoms with van der Waals surface area (Å²) in [5, 5.41) is 0. The highest BCUT2D eigenvalue weighted by Gasteiger charge is 2.51. The number of nitrogens with zero attached hydrogens (tertiary/aromatic N) is 2. The van der Waals surface area contributed by atoms with E-state index in [0.29, 0.717) is 4.48 Å². The Morgan fingerprint density at radius 1 is 1.13 bits per heavy atom. The smallest absolute Gasteiger partial charge is 0.414 e. The van der Waals surface area contributed by atoms with Crippen molar-refractivity contribution in [1.29, 1.82) is 0 Å². The van der Waals surface area contributed by atoms with Gasteiger partial charge >= 0.3 is 13.2 Å². The molecule has 0 aromatic heterocycles. The summed E-state index contributed by atoms with van der Waals surface area (Å²) < 4.78 is 18.3. The lowest BCUT2D eigenvalue weighted by Crippen LogP contribution is -2.66. The first kappa shape index (κ1) is 23.1. The zero-order valence-corrected chi connectivity index (χ0v) is 20.1. The fourth-order valence-corrected chi connectivity index (χ4v) is 3.83. The minimum absolute atomic E-state index is 0.136. The van der Waals surface area contributed by atoms with Crippen LogP contribution >= 0.6 is 0 Å². The molecule has 0 spiro atoms. The number of anilines is 1. The molecule has 2 heterocycles. The first-order chi connectivity index (χ1) is 13.6. The molecule has 0 aliphatic carbocycles. The van der Waals surface area contributed by atoms with E-state index in [4.69, 9.17) is 14.0 Å². The number of quaternary nitrogens is 1. The topological polar surface area (TPSA) is 48.0 Å². The average Bonchev–Trinajstić information content (AvgIpc) is 2.83. The highest BCUT2D eigenvalue weighted by Crippen LogP contribution is 2.36. The monoisotopic (exact) mass is 417 g/mol. The molecule has 30 heavy (non-hydrogen) atoms. The molecule has 2 aliphatic heterocycles. The minimum atomic E-state index is -0.474. The van der Waals surface area contributed by atoms with Crippen LogP contribution in [0, 0.1) is 0 Å². The van der Waals surface area contributed by atoms with Gasteiger partial charge in [0.1, 0.15) is 18.2 Å². The summed E-state index contributed by atoms with van der Waals surface area (Å²) in [6, 6.07) is 8.54. The Kier molecular flexibility index (Phi) is 5.80. The lowest BCUT2D eigenvalue weighted by molar-refractivity contribution is -0.863. The van der Waals surface area contributed by atoms with Gasteiger partial charge in [-0.2, -0.15) is 4.79 Å². The molecule has 3 rings (SSSR count). The van der Waals surface area contributed by atoms with Crippen LogP contribution in [0.5, 0.6) is 0 Å². The maximum absolute atomic E-state index is 12.8. The summed E-state index contributed by atoms with van der Waals surface area (Å²) in [4.78, 5) is 15.1. The first-order valence-electron chi connectivity index (χ1n) is 10.9. The number of piperazine rings is 1. The lowest BCUT2D eigenvalue weighted by atomic mass is 9.79. The Labute approximate surface area is 182 Å². The maximum Gasteiger partial charge on any atom is 0.516 e. The van der Waals surface area contributed by atoms with E-state index < -0.39 is 5.60 Å². The quantitative estimate of drug-likeness (QED) is 0.544. The van der Waals surface area contributed by atoms with Gasteiger partial charge in [-0.1, -0.05) is 12.1 Å². The van der Waals surface area contributed by atoms with Crippen LogP contribution < -0.4 is 10.4 Å². The van der Waals surface area contributed by atoms with Crippen LogP contribution in [-0.4, -0.2) is 67.2 Å². The Morgan fingerprint density at radius 3 is 2.13 bits per heavy atom. The predicted molar refractivity (Wildman–Crippen MR) is 121 cm³/mol. The van der Waals surface area contributed by atoms with Crippen molar-refractivity contribution in [3.63, 3.8) is 0 Å². The van der Waals surface area contributed by atoms with Crippen molar-refractivity contribution in [2.45, 2.75) is 78.2 Å². The van der Waals surface area contributed by atoms with Gasteiger partial charge in [0.05, 0.1) is 31.3 Å². The van der Waals surface area contributed by atoms with Crippen LogP contribution in [0.4, 0.5) is 10.5 Å². The molecule has 0 N–H and O–H groups in total. The molecular formula is C23H38BN2O4+. The number of amides is 1. The van der Waals surface area contributed by atoms with E-state index in [2.05, 4.69) is 63.8 Å². The molecule has 2 saturated heterocycles. The van der Waals surface area contributed by atoms with Crippen molar-refractivity contribution in [2.24, 2.45) is 0 Å². The van der Waals surface area contributed by atoms with Crippen LogP contribution in [0.25, 0.3) is 0 Å². The van der Waals surface area contributed by atoms with Gasteiger partial charge in [-0.15, -0.1) is 0 Å². The van der Waals surface area contributed by atoms with Crippen LogP contribution in [0.15, 0.2) is 24.3 Å². The number of rotatable bonds is 2. The van der Waals surface area contributed by atoms with Gasteiger partial charge in [-0.05, 0) is 73.0 Å². The molecule has 0 radical (unpaired) electrons. The van der Waals surface area contributed by atoms with Crippen LogP contribution in [-0.2, 0) is 14.0 Å². The molecule has 0 saturated carbocycles. The zero-order chi connectivity index (χ0) is 22.5. The molecule has 1 amide bonds. The van der Waals surface area contributed by atoms with Gasteiger partial charge < -0.3 is 18.9 Å². The summed E-state index contributed by atoms with van der Waals surface area (Å²) >= 11 is 0. The second-order valence-corrected chi connectivity index (χ2v) is 10.9. The Hall–Kier alpha value is -1.57. The van der Waals surface area contributed by atoms with E-state index in [1.165, 1.54) is 0 Å². The third kappa shape index (κ3) is 4.39. The number of likely N-dealkylation sites (N-methyl/N-ethyl adjacent to an activating group) is 1. The molecule has 1 aromatic carbocycles. The third-order valence-corrected chi connectivity index (χ3v) is 6.89. The number of ether oxygens (including phenoxy) is 1. The molecule has 2 fully saturated rings. The second-order valence-electron chi connectivity index (χ2n) is 10.9. The largest absolute Gasteiger partial charge is 0.516 e. The Bertz CT molecular complexity index is 771. The number of hydrogen-bond donors (Lipinski definition) is 0. The van der Waals surface area contributed by atoms with Gasteiger partial charge in [0.25, 0.3) is 0 Å². The molecule has 1 aromatic rings. The standard InChI is InChI=1S/C23H38BN2O4/c1-17-16-25(14-15-26(17,9)20(27)28-21(2,3)4)19-12-10-18(11-13-19)24-29-22(5,6)23(7,8)30-24/h10-13,17H,14-16H2,1-9H3/q+1/t17-,26?/m1/s1. The zero-order valence-electron chi connectivity index (χ0n) is 20.1. The highest BCUT2D eigenvalue weighted by atomic mass is 16.7. The van der Waals surface area contributed by atoms with E-state index in [0.717, 1.165) is 30.8 Å². The maximum atomic E-state index is 12.8. The normalized spacial score (nSPS) is 28.5. The van der Waals surface area contributed by atoms with Crippen LogP contribution in [0.2, 0.25) is 0 Å². The van der Waals surface area contributed by atoms with E-state index in [1.807, 2.05) is 27.8 Å². The SMILES string of the molecule is C[C@@H]1CN(c2ccc(B3OC(C)(C)C(C)(C)O3)cc2)CC[N+]1(C)C(=O)OC(C)(C)C. The Morgan fingerprint density at radius 2 is 1.67 bits per heavy atom. The van der Waals surface area contributed by atoms with Crippen molar-refractivity contribution in [2.75, 3.05) is 31.6 Å². The molecule has 0 bridgehead atoms. The molecule has 6 nitrogen and oxygen atoms in total. The van der Waals surface area contributed by atoms with E-state index in [-0.39, 0.29) is 30.5 Å². The van der Waals surface area contributed by atoms with E-state index in [1.54, 1.807) is 0 Å². The molecule has 7 heteroatoms. The fraction of sp³-hybridized carbons (Fsp3) is 0.696. The Balaban J connectivity index is 1.67. The second kappa shape index (κ2) is 7.54. The van der Waals surface area contributed by atoms with Crippen LogP contribution in [0.3, 0.4) is 0 Å². The van der Waals surface area contributed by atoms with Crippen molar-refractivity contribution in [3.05, 3.63) is 24.3 Å².